The van der Waals surface area contributed by atoms with E-state index >= 15 is 0 Å². The lowest BCUT2D eigenvalue weighted by Crippen LogP contribution is -2.14. The quantitative estimate of drug-likeness (QED) is 0.738. The number of nitrogens with one attached hydrogen (secondary N) is 1. The molecule has 4 heteroatoms. The number of anilines is 1. The second-order valence-corrected chi connectivity index (χ2v) is 7.54. The fourth-order valence-electron chi connectivity index (χ4n) is 3.48. The molecular formula is C21H18N2OS. The van der Waals surface area contributed by atoms with Crippen LogP contribution in [0.3, 0.4) is 0 Å². The maximum atomic E-state index is 12.5. The zero-order valence-corrected chi connectivity index (χ0v) is 14.7. The highest BCUT2D eigenvalue weighted by Crippen LogP contribution is 2.37. The number of carbonyl (C=O) groups excluding carboxylic acids is 1. The summed E-state index contributed by atoms with van der Waals surface area (Å²) in [6.07, 6.45) is 4.59. The minimum absolute atomic E-state index is 0.0645. The monoisotopic (exact) mass is 346 g/mol. The molecule has 0 aliphatic heterocycles. The van der Waals surface area contributed by atoms with Gasteiger partial charge in [-0.2, -0.15) is 5.26 Å². The SMILES string of the molecule is N#Cc1c(NC(=O)Cc2ccc3ccccc3c2)sc2c1CCCC2. The third-order valence-electron chi connectivity index (χ3n) is 4.71. The van der Waals surface area contributed by atoms with Gasteiger partial charge in [0, 0.05) is 4.88 Å². The predicted molar refractivity (Wildman–Crippen MR) is 102 cm³/mol. The number of benzene rings is 2. The van der Waals surface area contributed by atoms with E-state index in [1.807, 2.05) is 24.3 Å². The number of aryl methyl sites for hydroxylation is 1. The van der Waals surface area contributed by atoms with Crippen LogP contribution >= 0.6 is 11.3 Å². The number of amides is 1. The van der Waals surface area contributed by atoms with Crippen LogP contribution in [0.4, 0.5) is 5.00 Å². The molecule has 1 aromatic heterocycles. The van der Waals surface area contributed by atoms with Crippen LogP contribution < -0.4 is 5.32 Å². The Morgan fingerprint density at radius 1 is 1.12 bits per heavy atom. The van der Waals surface area contributed by atoms with Crippen molar-refractivity contribution >= 4 is 33.0 Å². The molecule has 124 valence electrons. The van der Waals surface area contributed by atoms with Gasteiger partial charge >= 0.3 is 0 Å². The molecule has 0 spiro atoms. The number of thiophene rings is 1. The Hall–Kier alpha value is -2.64. The van der Waals surface area contributed by atoms with Crippen molar-refractivity contribution < 1.29 is 4.79 Å². The highest BCUT2D eigenvalue weighted by Gasteiger charge is 2.21. The van der Waals surface area contributed by atoms with Crippen molar-refractivity contribution in [1.29, 1.82) is 5.26 Å². The van der Waals surface area contributed by atoms with E-state index in [1.54, 1.807) is 11.3 Å². The summed E-state index contributed by atoms with van der Waals surface area (Å²) in [6, 6.07) is 16.5. The molecule has 0 radical (unpaired) electrons. The molecule has 4 rings (SSSR count). The maximum Gasteiger partial charge on any atom is 0.229 e. The van der Waals surface area contributed by atoms with Crippen LogP contribution in [0.25, 0.3) is 10.8 Å². The van der Waals surface area contributed by atoms with Gasteiger partial charge < -0.3 is 5.32 Å². The zero-order valence-electron chi connectivity index (χ0n) is 13.8. The van der Waals surface area contributed by atoms with Gasteiger partial charge in [-0.25, -0.2) is 0 Å². The lowest BCUT2D eigenvalue weighted by atomic mass is 9.96. The second-order valence-electron chi connectivity index (χ2n) is 6.43. The number of carbonyl (C=O) groups is 1. The van der Waals surface area contributed by atoms with Gasteiger partial charge in [-0.15, -0.1) is 11.3 Å². The highest BCUT2D eigenvalue weighted by molar-refractivity contribution is 7.16. The number of fused-ring (bicyclic) bond motifs is 2. The number of hydrogen-bond acceptors (Lipinski definition) is 3. The molecule has 1 heterocycles. The highest BCUT2D eigenvalue weighted by atomic mass is 32.1. The Kier molecular flexibility index (Phi) is 4.25. The third kappa shape index (κ3) is 3.16. The fourth-order valence-corrected chi connectivity index (χ4v) is 4.73. The molecule has 2 aromatic carbocycles. The first-order valence-electron chi connectivity index (χ1n) is 8.57. The van der Waals surface area contributed by atoms with E-state index in [0.717, 1.165) is 40.8 Å². The van der Waals surface area contributed by atoms with Crippen LogP contribution in [0.5, 0.6) is 0 Å². The molecule has 0 atom stereocenters. The van der Waals surface area contributed by atoms with Crippen LogP contribution in [-0.2, 0) is 24.1 Å². The van der Waals surface area contributed by atoms with E-state index in [0.29, 0.717) is 12.0 Å². The van der Waals surface area contributed by atoms with Gasteiger partial charge in [0.2, 0.25) is 5.91 Å². The largest absolute Gasteiger partial charge is 0.316 e. The van der Waals surface area contributed by atoms with E-state index < -0.39 is 0 Å². The van der Waals surface area contributed by atoms with Crippen LogP contribution in [0.15, 0.2) is 42.5 Å². The van der Waals surface area contributed by atoms with Gasteiger partial charge in [-0.1, -0.05) is 42.5 Å². The van der Waals surface area contributed by atoms with Crippen molar-refractivity contribution in [3.05, 3.63) is 64.0 Å². The Morgan fingerprint density at radius 2 is 1.92 bits per heavy atom. The molecule has 0 unspecified atom stereocenters. The van der Waals surface area contributed by atoms with Gasteiger partial charge in [0.1, 0.15) is 11.1 Å². The van der Waals surface area contributed by atoms with Crippen molar-refractivity contribution in [2.45, 2.75) is 32.1 Å². The van der Waals surface area contributed by atoms with E-state index in [1.165, 1.54) is 16.7 Å². The number of hydrogen-bond donors (Lipinski definition) is 1. The molecule has 0 saturated carbocycles. The summed E-state index contributed by atoms with van der Waals surface area (Å²) in [4.78, 5) is 13.8. The van der Waals surface area contributed by atoms with Gasteiger partial charge in [-0.3, -0.25) is 4.79 Å². The third-order valence-corrected chi connectivity index (χ3v) is 5.92. The summed E-state index contributed by atoms with van der Waals surface area (Å²) in [6.45, 7) is 0. The van der Waals surface area contributed by atoms with Crippen molar-refractivity contribution in [2.24, 2.45) is 0 Å². The lowest BCUT2D eigenvalue weighted by Gasteiger charge is -2.09. The van der Waals surface area contributed by atoms with Gasteiger partial charge in [0.05, 0.1) is 12.0 Å². The molecular weight excluding hydrogens is 328 g/mol. The summed E-state index contributed by atoms with van der Waals surface area (Å²) in [5.41, 5.74) is 2.81. The molecule has 0 saturated heterocycles. The molecule has 1 aliphatic rings. The Bertz CT molecular complexity index is 997. The van der Waals surface area contributed by atoms with Gasteiger partial charge in [-0.05, 0) is 47.6 Å². The normalized spacial score (nSPS) is 13.2. The maximum absolute atomic E-state index is 12.5. The average Bonchev–Trinajstić information content (AvgIpc) is 2.98. The van der Waals surface area contributed by atoms with Gasteiger partial charge in [0.25, 0.3) is 0 Å². The lowest BCUT2D eigenvalue weighted by molar-refractivity contribution is -0.115. The molecule has 0 fully saturated rings. The van der Waals surface area contributed by atoms with Crippen LogP contribution in [0, 0.1) is 11.3 Å². The molecule has 1 aliphatic carbocycles. The fraction of sp³-hybridized carbons (Fsp3) is 0.238. The minimum Gasteiger partial charge on any atom is -0.316 e. The van der Waals surface area contributed by atoms with Crippen molar-refractivity contribution in [3.8, 4) is 6.07 Å². The first kappa shape index (κ1) is 15.9. The molecule has 1 amide bonds. The van der Waals surface area contributed by atoms with Crippen LogP contribution in [-0.4, -0.2) is 5.91 Å². The average molecular weight is 346 g/mol. The van der Waals surface area contributed by atoms with E-state index in [2.05, 4.69) is 29.6 Å². The summed E-state index contributed by atoms with van der Waals surface area (Å²) in [5.74, 6) is -0.0645. The first-order valence-corrected chi connectivity index (χ1v) is 9.38. The van der Waals surface area contributed by atoms with E-state index in [-0.39, 0.29) is 5.91 Å². The predicted octanol–water partition coefficient (Wildman–Crippen LogP) is 4.83. The molecule has 25 heavy (non-hydrogen) atoms. The minimum atomic E-state index is -0.0645. The topological polar surface area (TPSA) is 52.9 Å². The number of nitriles is 1. The summed E-state index contributed by atoms with van der Waals surface area (Å²) < 4.78 is 0. The second kappa shape index (κ2) is 6.70. The molecule has 3 aromatic rings. The van der Waals surface area contributed by atoms with Crippen LogP contribution in [0.1, 0.15) is 34.4 Å². The van der Waals surface area contributed by atoms with Crippen molar-refractivity contribution in [1.82, 2.24) is 0 Å². The van der Waals surface area contributed by atoms with E-state index in [9.17, 15) is 10.1 Å². The Morgan fingerprint density at radius 3 is 2.76 bits per heavy atom. The number of nitrogens with zero attached hydrogens (tertiary/aromatic N) is 1. The summed E-state index contributed by atoms with van der Waals surface area (Å²) in [7, 11) is 0. The van der Waals surface area contributed by atoms with Crippen LogP contribution in [0.2, 0.25) is 0 Å². The number of rotatable bonds is 3. The van der Waals surface area contributed by atoms with E-state index in [4.69, 9.17) is 0 Å². The Labute approximate surface area is 150 Å². The van der Waals surface area contributed by atoms with Crippen molar-refractivity contribution in [3.63, 3.8) is 0 Å². The molecule has 1 N–H and O–H groups in total. The first-order chi connectivity index (χ1) is 12.2. The molecule has 3 nitrogen and oxygen atoms in total. The smallest absolute Gasteiger partial charge is 0.229 e. The summed E-state index contributed by atoms with van der Waals surface area (Å²) in [5, 5.41) is 15.5. The summed E-state index contributed by atoms with van der Waals surface area (Å²) >= 11 is 1.57. The van der Waals surface area contributed by atoms with Crippen molar-refractivity contribution in [2.75, 3.05) is 5.32 Å². The Balaban J connectivity index is 1.54. The standard InChI is InChI=1S/C21H18N2OS/c22-13-18-17-7-3-4-8-19(17)25-21(18)23-20(24)12-14-9-10-15-5-1-2-6-16(15)11-14/h1-2,5-6,9-11H,3-4,7-8,12H2,(H,23,24). The molecule has 0 bridgehead atoms. The zero-order chi connectivity index (χ0) is 17.2. The van der Waals surface area contributed by atoms with Gasteiger partial charge in [0.15, 0.2) is 0 Å².